The highest BCUT2D eigenvalue weighted by molar-refractivity contribution is 5.89. The van der Waals surface area contributed by atoms with Crippen LogP contribution in [0.4, 0.5) is 4.79 Å². The summed E-state index contributed by atoms with van der Waals surface area (Å²) in [6, 6.07) is 7.24. The Morgan fingerprint density at radius 3 is 2.28 bits per heavy atom. The molecule has 14 nitrogen and oxygen atoms in total. The summed E-state index contributed by atoms with van der Waals surface area (Å²) in [5.74, 6) is -3.39. The van der Waals surface area contributed by atoms with E-state index < -0.39 is 100 Å². The fraction of sp³-hybridized carbons (Fsp3) is 0.682. The zero-order valence-electron chi connectivity index (χ0n) is 35.5. The van der Waals surface area contributed by atoms with E-state index >= 15 is 0 Å². The van der Waals surface area contributed by atoms with E-state index in [0.29, 0.717) is 18.4 Å². The van der Waals surface area contributed by atoms with Crippen molar-refractivity contribution >= 4 is 24.0 Å². The van der Waals surface area contributed by atoms with Crippen molar-refractivity contribution in [3.63, 3.8) is 0 Å². The van der Waals surface area contributed by atoms with Crippen molar-refractivity contribution in [1.82, 2.24) is 5.32 Å². The molecule has 5 rings (SSSR count). The Morgan fingerprint density at radius 2 is 1.72 bits per heavy atom. The predicted molar refractivity (Wildman–Crippen MR) is 211 cm³/mol. The maximum atomic E-state index is 14.3. The summed E-state index contributed by atoms with van der Waals surface area (Å²) in [5, 5.41) is 38.4. The van der Waals surface area contributed by atoms with Gasteiger partial charge in [0, 0.05) is 30.6 Å². The van der Waals surface area contributed by atoms with Gasteiger partial charge in [0.15, 0.2) is 18.0 Å². The second-order valence-electron chi connectivity index (χ2n) is 18.7. The first-order chi connectivity index (χ1) is 26.9. The van der Waals surface area contributed by atoms with Gasteiger partial charge < -0.3 is 49.1 Å². The van der Waals surface area contributed by atoms with E-state index in [-0.39, 0.29) is 37.4 Å². The van der Waals surface area contributed by atoms with Crippen LogP contribution < -0.4 is 5.32 Å². The van der Waals surface area contributed by atoms with Gasteiger partial charge >= 0.3 is 24.0 Å². The van der Waals surface area contributed by atoms with Crippen molar-refractivity contribution in [2.45, 2.75) is 161 Å². The fourth-order valence-electron chi connectivity index (χ4n) is 9.88. The van der Waals surface area contributed by atoms with Crippen LogP contribution in [0.25, 0.3) is 0 Å². The molecule has 1 saturated heterocycles. The van der Waals surface area contributed by atoms with Crippen LogP contribution in [0.15, 0.2) is 54.1 Å². The first-order valence-corrected chi connectivity index (χ1v) is 20.2. The first-order valence-electron chi connectivity index (χ1n) is 20.2. The second-order valence-corrected chi connectivity index (χ2v) is 18.7. The van der Waals surface area contributed by atoms with E-state index in [1.165, 1.54) is 13.0 Å². The number of carbonyl (C=O) groups excluding carboxylic acids is 4. The van der Waals surface area contributed by atoms with Crippen molar-refractivity contribution in [3.8, 4) is 0 Å². The number of benzene rings is 1. The summed E-state index contributed by atoms with van der Waals surface area (Å²) in [4.78, 5) is 54.0. The molecule has 1 amide bonds. The number of esters is 3. The monoisotopic (exact) mass is 813 g/mol. The van der Waals surface area contributed by atoms with Crippen molar-refractivity contribution in [1.29, 1.82) is 0 Å². The summed E-state index contributed by atoms with van der Waals surface area (Å²) in [6.07, 6.45) is -5.94. The lowest BCUT2D eigenvalue weighted by molar-refractivity contribution is -0.360. The first kappa shape index (κ1) is 45.3. The maximum absolute atomic E-state index is 14.3. The largest absolute Gasteiger partial charge is 0.456 e. The molecule has 1 aromatic rings. The van der Waals surface area contributed by atoms with Gasteiger partial charge in [-0.2, -0.15) is 0 Å². The molecule has 3 fully saturated rings. The number of rotatable bonds is 12. The number of ether oxygens (including phenoxy) is 6. The maximum Gasteiger partial charge on any atom is 0.407 e. The molecule has 2 bridgehead atoms. The Balaban J connectivity index is 1.64. The van der Waals surface area contributed by atoms with Crippen LogP contribution in [0.2, 0.25) is 0 Å². The van der Waals surface area contributed by atoms with Gasteiger partial charge in [0.1, 0.15) is 29.5 Å². The number of amides is 1. The van der Waals surface area contributed by atoms with Crippen molar-refractivity contribution in [3.05, 3.63) is 59.7 Å². The third-order valence-electron chi connectivity index (χ3n) is 12.8. The molecule has 1 heterocycles. The standard InChI is InChI=1S/C44H63NO13/c1-12-33(47)55-31-21-32-43(23-53-32,57-26(5)46)35-36(56-37(49)27-16-14-13-15-17-27)44(52)22-30(25(4)28(41(44,9)10)18-19-42(31,35)11)54-38(50)34(48)29(20-24(2)3)45-39(51)58-40(6,7)8/h12-17,24,29-36,47-48,52H,1,18-23H2,2-11H3,(H,45,51)/t29-,30?,31-,32+,33?,34+,35?,36-,42+,43-,44+/m0/s1. The third kappa shape index (κ3) is 8.58. The number of aliphatic hydroxyl groups excluding tert-OH is 2. The molecule has 3 unspecified atom stereocenters. The zero-order valence-corrected chi connectivity index (χ0v) is 35.5. The third-order valence-corrected chi connectivity index (χ3v) is 12.8. The minimum atomic E-state index is -2.02. The van der Waals surface area contributed by atoms with Crippen molar-refractivity contribution in [2.24, 2.45) is 22.7 Å². The van der Waals surface area contributed by atoms with Crippen LogP contribution in [-0.2, 0) is 38.0 Å². The van der Waals surface area contributed by atoms with Gasteiger partial charge in [-0.1, -0.05) is 65.0 Å². The molecular weight excluding hydrogens is 750 g/mol. The molecule has 4 N–H and O–H groups in total. The molecule has 0 radical (unpaired) electrons. The summed E-state index contributed by atoms with van der Waals surface area (Å²) in [7, 11) is 0. The number of carbonyl (C=O) groups is 4. The van der Waals surface area contributed by atoms with E-state index in [4.69, 9.17) is 28.4 Å². The Hall–Kier alpha value is -3.82. The van der Waals surface area contributed by atoms with Crippen LogP contribution in [0.1, 0.15) is 112 Å². The van der Waals surface area contributed by atoms with Crippen LogP contribution in [0.5, 0.6) is 0 Å². The summed E-state index contributed by atoms with van der Waals surface area (Å²) in [5.41, 5.74) is -4.81. The molecule has 0 aromatic heterocycles. The van der Waals surface area contributed by atoms with Gasteiger partial charge in [0.05, 0.1) is 30.2 Å². The highest BCUT2D eigenvalue weighted by Crippen LogP contribution is 2.65. The number of fused-ring (bicyclic) bond motifs is 5. The summed E-state index contributed by atoms with van der Waals surface area (Å²) in [6.45, 7) is 21.2. The lowest BCUT2D eigenvalue weighted by atomic mass is 9.45. The fourth-order valence-corrected chi connectivity index (χ4v) is 9.88. The zero-order chi connectivity index (χ0) is 43.2. The molecule has 1 aromatic carbocycles. The SMILES string of the molecule is C=CC(O)O[C@H]1C[C@H]2OC[C@@]2(OC(C)=O)C2[C@H](OC(=O)c3ccccc3)[C@]3(O)CC(OC(=O)[C@H](O)[C@H](CC(C)C)NC(=O)OC(C)(C)C)C(C)=C(CC[C@@]21C)C3(C)C. The van der Waals surface area contributed by atoms with E-state index in [2.05, 4.69) is 11.9 Å². The Bertz CT molecular complexity index is 1750. The van der Waals surface area contributed by atoms with E-state index in [9.17, 15) is 34.5 Å². The van der Waals surface area contributed by atoms with Crippen LogP contribution in [-0.4, -0.2) is 106 Å². The van der Waals surface area contributed by atoms with Crippen LogP contribution in [0.3, 0.4) is 0 Å². The molecule has 322 valence electrons. The van der Waals surface area contributed by atoms with Gasteiger partial charge in [-0.15, -0.1) is 0 Å². The van der Waals surface area contributed by atoms with E-state index in [0.717, 1.165) is 5.57 Å². The van der Waals surface area contributed by atoms with Crippen molar-refractivity contribution in [2.75, 3.05) is 6.61 Å². The molecule has 14 heteroatoms. The highest BCUT2D eigenvalue weighted by atomic mass is 16.6. The lowest BCUT2D eigenvalue weighted by Gasteiger charge is -2.68. The van der Waals surface area contributed by atoms with Gasteiger partial charge in [0.2, 0.25) is 0 Å². The molecule has 3 aliphatic carbocycles. The number of alkyl carbamates (subject to hydrolysis) is 1. The number of hydrogen-bond donors (Lipinski definition) is 4. The topological polar surface area (TPSA) is 196 Å². The van der Waals surface area contributed by atoms with Gasteiger partial charge in [-0.25, -0.2) is 14.4 Å². The van der Waals surface area contributed by atoms with Gasteiger partial charge in [0.25, 0.3) is 0 Å². The Morgan fingerprint density at radius 1 is 1.07 bits per heavy atom. The van der Waals surface area contributed by atoms with Crippen LogP contribution >= 0.6 is 0 Å². The minimum absolute atomic E-state index is 0.0387. The summed E-state index contributed by atoms with van der Waals surface area (Å²) >= 11 is 0. The van der Waals surface area contributed by atoms with Crippen LogP contribution in [0, 0.1) is 22.7 Å². The molecule has 2 saturated carbocycles. The number of hydrogen-bond acceptors (Lipinski definition) is 13. The predicted octanol–water partition coefficient (Wildman–Crippen LogP) is 5.31. The van der Waals surface area contributed by atoms with Gasteiger partial charge in [-0.05, 0) is 76.7 Å². The summed E-state index contributed by atoms with van der Waals surface area (Å²) < 4.78 is 36.6. The minimum Gasteiger partial charge on any atom is -0.456 e. The van der Waals surface area contributed by atoms with Crippen molar-refractivity contribution < 1.29 is 62.9 Å². The highest BCUT2D eigenvalue weighted by Gasteiger charge is 2.75. The average Bonchev–Trinajstić information content (AvgIpc) is 3.11. The number of aliphatic hydroxyl groups is 3. The second kappa shape index (κ2) is 16.7. The molecule has 11 atom stereocenters. The quantitative estimate of drug-likeness (QED) is 0.0918. The van der Waals surface area contributed by atoms with Gasteiger partial charge in [-0.3, -0.25) is 4.79 Å². The Labute approximate surface area is 341 Å². The molecule has 58 heavy (non-hydrogen) atoms. The average molecular weight is 814 g/mol. The Kier molecular flexibility index (Phi) is 13.0. The van der Waals surface area contributed by atoms with E-state index in [1.807, 2.05) is 41.5 Å². The lowest BCUT2D eigenvalue weighted by Crippen LogP contribution is -2.80. The molecular formula is C44H63NO13. The molecule has 4 aliphatic rings. The molecule has 1 aliphatic heterocycles. The smallest absolute Gasteiger partial charge is 0.407 e. The molecule has 0 spiro atoms. The number of nitrogens with one attached hydrogen (secondary N) is 1. The normalized spacial score (nSPS) is 33.0. The van der Waals surface area contributed by atoms with E-state index in [1.54, 1.807) is 51.1 Å².